The zero-order valence-corrected chi connectivity index (χ0v) is 19.0. The monoisotopic (exact) mass is 426 g/mol. The Hall–Kier alpha value is -3.53. The van der Waals surface area contributed by atoms with Crippen LogP contribution in [0.4, 0.5) is 0 Å². The van der Waals surface area contributed by atoms with Crippen LogP contribution >= 0.6 is 0 Å². The molecule has 1 aromatic heterocycles. The Balaban J connectivity index is 1.43. The van der Waals surface area contributed by atoms with Crippen LogP contribution in [0.2, 0.25) is 0 Å². The first-order chi connectivity index (χ1) is 15.7. The summed E-state index contributed by atoms with van der Waals surface area (Å²) in [5.74, 6) is 2.57. The van der Waals surface area contributed by atoms with Crippen molar-refractivity contribution in [1.29, 1.82) is 0 Å². The molecule has 3 aromatic carbocycles. The van der Waals surface area contributed by atoms with Gasteiger partial charge in [0.25, 0.3) is 0 Å². The smallest absolute Gasteiger partial charge is 0.161 e. The van der Waals surface area contributed by atoms with Crippen molar-refractivity contribution < 1.29 is 9.47 Å². The van der Waals surface area contributed by atoms with Gasteiger partial charge in [-0.3, -0.25) is 0 Å². The predicted octanol–water partition coefficient (Wildman–Crippen LogP) is 6.91. The summed E-state index contributed by atoms with van der Waals surface area (Å²) in [6.07, 6.45) is 6.01. The van der Waals surface area contributed by atoms with Crippen molar-refractivity contribution in [2.45, 2.75) is 33.2 Å². The highest BCUT2D eigenvalue weighted by molar-refractivity contribution is 5.80. The third kappa shape index (κ3) is 4.86. The Morgan fingerprint density at radius 1 is 0.938 bits per heavy atom. The first-order valence-electron chi connectivity index (χ1n) is 11.2. The minimum atomic E-state index is 0.645. The Bertz CT molecular complexity index is 1210. The molecule has 0 saturated heterocycles. The van der Waals surface area contributed by atoms with E-state index in [-0.39, 0.29) is 0 Å². The Morgan fingerprint density at radius 3 is 2.53 bits per heavy atom. The van der Waals surface area contributed by atoms with Crippen LogP contribution in [0.3, 0.4) is 0 Å². The van der Waals surface area contributed by atoms with Crippen molar-refractivity contribution in [1.82, 2.24) is 9.55 Å². The topological polar surface area (TPSA) is 36.3 Å². The number of aromatic nitrogens is 2. The van der Waals surface area contributed by atoms with Gasteiger partial charge < -0.3 is 14.0 Å². The molecule has 0 bridgehead atoms. The van der Waals surface area contributed by atoms with Crippen LogP contribution in [0.1, 0.15) is 30.9 Å². The highest BCUT2D eigenvalue weighted by Crippen LogP contribution is 2.29. The molecule has 32 heavy (non-hydrogen) atoms. The summed E-state index contributed by atoms with van der Waals surface area (Å²) in [5.41, 5.74) is 5.71. The van der Waals surface area contributed by atoms with Gasteiger partial charge in [0, 0.05) is 12.1 Å². The van der Waals surface area contributed by atoms with Gasteiger partial charge in [-0.1, -0.05) is 60.2 Å². The second-order valence-electron chi connectivity index (χ2n) is 7.91. The zero-order chi connectivity index (χ0) is 22.3. The summed E-state index contributed by atoms with van der Waals surface area (Å²) in [5, 5.41) is 0. The van der Waals surface area contributed by atoms with Gasteiger partial charge in [0.05, 0.1) is 24.8 Å². The first-order valence-corrected chi connectivity index (χ1v) is 11.2. The number of allylic oxidation sites excluding steroid dienone is 1. The van der Waals surface area contributed by atoms with Crippen molar-refractivity contribution in [3.63, 3.8) is 0 Å². The fourth-order valence-corrected chi connectivity index (χ4v) is 3.88. The van der Waals surface area contributed by atoms with Gasteiger partial charge in [-0.15, -0.1) is 0 Å². The number of ether oxygens (including phenoxy) is 2. The number of methoxy groups -OCH3 is 1. The number of rotatable bonds is 9. The van der Waals surface area contributed by atoms with Crippen LogP contribution in [0.5, 0.6) is 11.5 Å². The van der Waals surface area contributed by atoms with Gasteiger partial charge in [0.15, 0.2) is 11.5 Å². The number of benzene rings is 3. The van der Waals surface area contributed by atoms with Crippen molar-refractivity contribution in [2.24, 2.45) is 0 Å². The predicted molar refractivity (Wildman–Crippen MR) is 132 cm³/mol. The molecule has 0 unspecified atom stereocenters. The highest BCUT2D eigenvalue weighted by atomic mass is 16.5. The highest BCUT2D eigenvalue weighted by Gasteiger charge is 2.12. The standard InChI is InChI=1S/C28H30N2O2/c1-4-9-22-14-17-26(27(20-22)31-3)32-19-8-7-18-30-25-11-6-5-10-24(25)29-28(30)23-15-12-21(2)13-16-23/h4-6,9-17,20H,7-8,18-19H2,1-3H3/b9-4+. The Morgan fingerprint density at radius 2 is 1.75 bits per heavy atom. The number of hydrogen-bond donors (Lipinski definition) is 0. The number of unbranched alkanes of at least 4 members (excludes halogenated alkanes) is 1. The first kappa shape index (κ1) is 21.7. The molecule has 0 aliphatic rings. The molecule has 4 nitrogen and oxygen atoms in total. The summed E-state index contributed by atoms with van der Waals surface area (Å²) in [4.78, 5) is 4.91. The molecule has 0 amide bonds. The fraction of sp³-hybridized carbons (Fsp3) is 0.250. The van der Waals surface area contributed by atoms with E-state index in [1.807, 2.05) is 43.3 Å². The number of hydrogen-bond acceptors (Lipinski definition) is 3. The van der Waals surface area contributed by atoms with Gasteiger partial charge in [-0.05, 0) is 56.5 Å². The van der Waals surface area contributed by atoms with E-state index in [4.69, 9.17) is 14.5 Å². The van der Waals surface area contributed by atoms with Crippen LogP contribution in [0, 0.1) is 6.92 Å². The fourth-order valence-electron chi connectivity index (χ4n) is 3.88. The van der Waals surface area contributed by atoms with Crippen LogP contribution in [-0.4, -0.2) is 23.3 Å². The minimum Gasteiger partial charge on any atom is -0.493 e. The third-order valence-corrected chi connectivity index (χ3v) is 5.54. The Labute approximate surface area is 190 Å². The molecule has 0 aliphatic carbocycles. The van der Waals surface area contributed by atoms with Crippen molar-refractivity contribution >= 4 is 17.1 Å². The number of imidazole rings is 1. The second-order valence-corrected chi connectivity index (χ2v) is 7.91. The lowest BCUT2D eigenvalue weighted by Crippen LogP contribution is -2.04. The second kappa shape index (κ2) is 10.2. The molecule has 4 heteroatoms. The molecular formula is C28H30N2O2. The maximum absolute atomic E-state index is 6.02. The van der Waals surface area contributed by atoms with E-state index in [1.54, 1.807) is 7.11 Å². The lowest BCUT2D eigenvalue weighted by atomic mass is 10.1. The molecule has 0 atom stereocenters. The number of nitrogens with zero attached hydrogens (tertiary/aromatic N) is 2. The lowest BCUT2D eigenvalue weighted by molar-refractivity contribution is 0.284. The van der Waals surface area contributed by atoms with E-state index in [9.17, 15) is 0 Å². The van der Waals surface area contributed by atoms with Crippen LogP contribution in [0.25, 0.3) is 28.5 Å². The molecule has 4 rings (SSSR count). The quantitative estimate of drug-likeness (QED) is 0.273. The van der Waals surface area contributed by atoms with Gasteiger partial charge in [-0.25, -0.2) is 4.98 Å². The molecule has 0 radical (unpaired) electrons. The SMILES string of the molecule is C/C=C/c1ccc(OCCCCn2c(-c3ccc(C)cc3)nc3ccccc32)c(OC)c1. The average molecular weight is 427 g/mol. The van der Waals surface area contributed by atoms with Crippen LogP contribution in [-0.2, 0) is 6.54 Å². The summed E-state index contributed by atoms with van der Waals surface area (Å²) >= 11 is 0. The summed E-state index contributed by atoms with van der Waals surface area (Å²) in [6, 6.07) is 23.0. The lowest BCUT2D eigenvalue weighted by Gasteiger charge is -2.12. The van der Waals surface area contributed by atoms with E-state index < -0.39 is 0 Å². The van der Waals surface area contributed by atoms with Crippen molar-refractivity contribution in [2.75, 3.05) is 13.7 Å². The van der Waals surface area contributed by atoms with Gasteiger partial charge in [-0.2, -0.15) is 0 Å². The molecule has 164 valence electrons. The molecule has 0 fully saturated rings. The third-order valence-electron chi connectivity index (χ3n) is 5.54. The van der Waals surface area contributed by atoms with E-state index in [0.717, 1.165) is 53.4 Å². The molecule has 1 heterocycles. The summed E-state index contributed by atoms with van der Waals surface area (Å²) in [6.45, 7) is 5.65. The molecule has 0 aliphatic heterocycles. The average Bonchev–Trinajstić information content (AvgIpc) is 3.18. The summed E-state index contributed by atoms with van der Waals surface area (Å²) < 4.78 is 13.8. The number of fused-ring (bicyclic) bond motifs is 1. The van der Waals surface area contributed by atoms with Crippen LogP contribution < -0.4 is 9.47 Å². The molecule has 4 aromatic rings. The van der Waals surface area contributed by atoms with E-state index in [0.29, 0.717) is 6.61 Å². The van der Waals surface area contributed by atoms with Crippen LogP contribution in [0.15, 0.2) is 72.8 Å². The van der Waals surface area contributed by atoms with Gasteiger partial charge >= 0.3 is 0 Å². The van der Waals surface area contributed by atoms with E-state index in [2.05, 4.69) is 54.0 Å². The minimum absolute atomic E-state index is 0.645. The van der Waals surface area contributed by atoms with Gasteiger partial charge in [0.2, 0.25) is 0 Å². The maximum Gasteiger partial charge on any atom is 0.161 e. The maximum atomic E-state index is 6.02. The Kier molecular flexibility index (Phi) is 6.90. The molecule has 0 N–H and O–H groups in total. The molecular weight excluding hydrogens is 396 g/mol. The number of aryl methyl sites for hydroxylation is 2. The number of para-hydroxylation sites is 2. The van der Waals surface area contributed by atoms with E-state index in [1.165, 1.54) is 11.1 Å². The molecule has 0 spiro atoms. The largest absolute Gasteiger partial charge is 0.493 e. The van der Waals surface area contributed by atoms with Gasteiger partial charge in [0.1, 0.15) is 5.82 Å². The zero-order valence-electron chi connectivity index (χ0n) is 19.0. The van der Waals surface area contributed by atoms with Crippen molar-refractivity contribution in [3.05, 3.63) is 83.9 Å². The normalized spacial score (nSPS) is 11.3. The summed E-state index contributed by atoms with van der Waals surface area (Å²) in [7, 11) is 1.68. The van der Waals surface area contributed by atoms with E-state index >= 15 is 0 Å². The van der Waals surface area contributed by atoms with Crippen molar-refractivity contribution in [3.8, 4) is 22.9 Å². The molecule has 0 saturated carbocycles.